The number of carbonyl (C=O) groups excluding carboxylic acids is 1. The molecule has 0 aromatic carbocycles. The van der Waals surface area contributed by atoms with Crippen LogP contribution in [0.15, 0.2) is 23.2 Å². The molecule has 1 aliphatic heterocycles. The average molecular weight is 342 g/mol. The van der Waals surface area contributed by atoms with E-state index in [1.807, 2.05) is 16.3 Å². The number of anilines is 1. The van der Waals surface area contributed by atoms with Crippen molar-refractivity contribution in [2.75, 3.05) is 18.4 Å². The summed E-state index contributed by atoms with van der Waals surface area (Å²) in [7, 11) is 0. The molecular weight excluding hydrogens is 320 g/mol. The van der Waals surface area contributed by atoms with Crippen LogP contribution in [0.3, 0.4) is 0 Å². The highest BCUT2D eigenvalue weighted by molar-refractivity contribution is 7.08. The molecule has 2 aromatic rings. The molecule has 1 saturated heterocycles. The zero-order chi connectivity index (χ0) is 16.4. The van der Waals surface area contributed by atoms with Crippen molar-refractivity contribution in [1.29, 1.82) is 0 Å². The number of rotatable bonds is 4. The van der Waals surface area contributed by atoms with Crippen LogP contribution in [0.1, 0.15) is 36.1 Å². The summed E-state index contributed by atoms with van der Waals surface area (Å²) in [5.41, 5.74) is 3.63. The largest absolute Gasteiger partial charge is 0.367 e. The number of piperidine rings is 1. The summed E-state index contributed by atoms with van der Waals surface area (Å²) in [6.45, 7) is 1.65. The van der Waals surface area contributed by atoms with E-state index in [9.17, 15) is 4.79 Å². The van der Waals surface area contributed by atoms with Gasteiger partial charge in [-0.25, -0.2) is 9.97 Å². The fourth-order valence-electron chi connectivity index (χ4n) is 3.63. The van der Waals surface area contributed by atoms with Crippen LogP contribution in [0.4, 0.5) is 5.82 Å². The van der Waals surface area contributed by atoms with Crippen molar-refractivity contribution in [3.05, 3.63) is 40.0 Å². The minimum absolute atomic E-state index is 0.245. The summed E-state index contributed by atoms with van der Waals surface area (Å²) < 4.78 is 0. The molecule has 0 saturated carbocycles. The molecule has 24 heavy (non-hydrogen) atoms. The number of nitrogens with one attached hydrogen (secondary N) is 1. The molecule has 0 radical (unpaired) electrons. The molecule has 2 aromatic heterocycles. The SMILES string of the molecule is O=C(Cc1ccsc1)N1CCC(Nc2ncnc3c2CCC3)CC1. The molecule has 1 N–H and O–H groups in total. The number of carbonyl (C=O) groups is 1. The van der Waals surface area contributed by atoms with E-state index in [4.69, 9.17) is 0 Å². The third-order valence-corrected chi connectivity index (χ3v) is 5.73. The Labute approximate surface area is 146 Å². The molecule has 0 spiro atoms. The van der Waals surface area contributed by atoms with Gasteiger partial charge in [-0.3, -0.25) is 4.79 Å². The van der Waals surface area contributed by atoms with Crippen LogP contribution in [0, 0.1) is 0 Å². The zero-order valence-corrected chi connectivity index (χ0v) is 14.5. The van der Waals surface area contributed by atoms with Crippen molar-refractivity contribution in [1.82, 2.24) is 14.9 Å². The van der Waals surface area contributed by atoms with Gasteiger partial charge in [0.05, 0.1) is 6.42 Å². The predicted octanol–water partition coefficient (Wildman–Crippen LogP) is 2.67. The van der Waals surface area contributed by atoms with Gasteiger partial charge in [-0.1, -0.05) is 0 Å². The number of hydrogen-bond donors (Lipinski definition) is 1. The van der Waals surface area contributed by atoms with Gasteiger partial charge in [0.15, 0.2) is 0 Å². The maximum absolute atomic E-state index is 12.4. The molecule has 4 rings (SSSR count). The highest BCUT2D eigenvalue weighted by Gasteiger charge is 2.25. The second-order valence-electron chi connectivity index (χ2n) is 6.61. The molecule has 6 heteroatoms. The van der Waals surface area contributed by atoms with E-state index in [2.05, 4.69) is 20.7 Å². The summed E-state index contributed by atoms with van der Waals surface area (Å²) in [6.07, 6.45) is 7.49. The van der Waals surface area contributed by atoms with E-state index in [1.54, 1.807) is 17.7 Å². The van der Waals surface area contributed by atoms with Crippen molar-refractivity contribution in [3.63, 3.8) is 0 Å². The van der Waals surface area contributed by atoms with Gasteiger partial charge in [0.1, 0.15) is 12.1 Å². The van der Waals surface area contributed by atoms with Gasteiger partial charge in [-0.15, -0.1) is 0 Å². The van der Waals surface area contributed by atoms with Crippen LogP contribution in [0.25, 0.3) is 0 Å². The second kappa shape index (κ2) is 6.89. The lowest BCUT2D eigenvalue weighted by atomic mass is 10.0. The van der Waals surface area contributed by atoms with E-state index < -0.39 is 0 Å². The van der Waals surface area contributed by atoms with Crippen molar-refractivity contribution >= 4 is 23.1 Å². The molecule has 1 aliphatic carbocycles. The minimum Gasteiger partial charge on any atom is -0.367 e. The Morgan fingerprint density at radius 3 is 2.96 bits per heavy atom. The number of amides is 1. The van der Waals surface area contributed by atoms with Gasteiger partial charge in [-0.05, 0) is 54.5 Å². The van der Waals surface area contributed by atoms with E-state index in [0.29, 0.717) is 12.5 Å². The molecule has 1 amide bonds. The second-order valence-corrected chi connectivity index (χ2v) is 7.39. The summed E-state index contributed by atoms with van der Waals surface area (Å²) in [4.78, 5) is 23.2. The summed E-state index contributed by atoms with van der Waals surface area (Å²) in [6, 6.07) is 2.43. The number of aryl methyl sites for hydroxylation is 1. The maximum Gasteiger partial charge on any atom is 0.227 e. The smallest absolute Gasteiger partial charge is 0.227 e. The molecule has 0 bridgehead atoms. The lowest BCUT2D eigenvalue weighted by Gasteiger charge is -2.33. The van der Waals surface area contributed by atoms with E-state index in [0.717, 1.165) is 50.2 Å². The average Bonchev–Trinajstić information content (AvgIpc) is 3.27. The predicted molar refractivity (Wildman–Crippen MR) is 95.3 cm³/mol. The number of hydrogen-bond acceptors (Lipinski definition) is 5. The van der Waals surface area contributed by atoms with Crippen LogP contribution in [-0.2, 0) is 24.1 Å². The molecule has 3 heterocycles. The zero-order valence-electron chi connectivity index (χ0n) is 13.7. The Hall–Kier alpha value is -1.95. The maximum atomic E-state index is 12.4. The number of likely N-dealkylation sites (tertiary alicyclic amines) is 1. The van der Waals surface area contributed by atoms with E-state index in [1.165, 1.54) is 17.7 Å². The van der Waals surface area contributed by atoms with Crippen molar-refractivity contribution in [2.24, 2.45) is 0 Å². The van der Waals surface area contributed by atoms with Crippen molar-refractivity contribution in [2.45, 2.75) is 44.6 Å². The molecule has 1 fully saturated rings. The van der Waals surface area contributed by atoms with E-state index in [-0.39, 0.29) is 5.91 Å². The minimum atomic E-state index is 0.245. The lowest BCUT2D eigenvalue weighted by molar-refractivity contribution is -0.131. The molecule has 2 aliphatic rings. The molecule has 5 nitrogen and oxygen atoms in total. The number of nitrogens with zero attached hydrogens (tertiary/aromatic N) is 3. The molecule has 0 unspecified atom stereocenters. The first kappa shape index (κ1) is 15.6. The van der Waals surface area contributed by atoms with Gasteiger partial charge >= 0.3 is 0 Å². The fraction of sp³-hybridized carbons (Fsp3) is 0.500. The first-order valence-corrected chi connectivity index (χ1v) is 9.62. The normalized spacial score (nSPS) is 17.8. The molecular formula is C18H22N4OS. The summed E-state index contributed by atoms with van der Waals surface area (Å²) in [5.74, 6) is 1.26. The molecule has 0 atom stereocenters. The van der Waals surface area contributed by atoms with Gasteiger partial charge in [-0.2, -0.15) is 11.3 Å². The number of fused-ring (bicyclic) bond motifs is 1. The third-order valence-electron chi connectivity index (χ3n) is 5.00. The Balaban J connectivity index is 1.32. The van der Waals surface area contributed by atoms with Crippen LogP contribution < -0.4 is 5.32 Å². The monoisotopic (exact) mass is 342 g/mol. The van der Waals surface area contributed by atoms with Gasteiger partial charge in [0.2, 0.25) is 5.91 Å². The highest BCUT2D eigenvalue weighted by atomic mass is 32.1. The van der Waals surface area contributed by atoms with Gasteiger partial charge < -0.3 is 10.2 Å². The Bertz CT molecular complexity index is 708. The Morgan fingerprint density at radius 1 is 1.29 bits per heavy atom. The summed E-state index contributed by atoms with van der Waals surface area (Å²) >= 11 is 1.65. The fourth-order valence-corrected chi connectivity index (χ4v) is 4.30. The first-order valence-electron chi connectivity index (χ1n) is 8.68. The van der Waals surface area contributed by atoms with Gasteiger partial charge in [0.25, 0.3) is 0 Å². The van der Waals surface area contributed by atoms with Crippen LogP contribution in [0.5, 0.6) is 0 Å². The highest BCUT2D eigenvalue weighted by Crippen LogP contribution is 2.27. The van der Waals surface area contributed by atoms with Crippen LogP contribution in [0.2, 0.25) is 0 Å². The lowest BCUT2D eigenvalue weighted by Crippen LogP contribution is -2.43. The topological polar surface area (TPSA) is 58.1 Å². The number of aromatic nitrogens is 2. The van der Waals surface area contributed by atoms with Gasteiger partial charge in [0, 0.05) is 30.4 Å². The van der Waals surface area contributed by atoms with Crippen LogP contribution >= 0.6 is 11.3 Å². The number of thiophene rings is 1. The quantitative estimate of drug-likeness (QED) is 0.928. The summed E-state index contributed by atoms with van der Waals surface area (Å²) in [5, 5.41) is 7.68. The standard InChI is InChI=1S/C18H22N4OS/c23-17(10-13-6-9-24-11-13)22-7-4-14(5-8-22)21-18-15-2-1-3-16(15)19-12-20-18/h6,9,11-12,14H,1-5,7-8,10H2,(H,19,20,21). The van der Waals surface area contributed by atoms with Crippen molar-refractivity contribution in [3.8, 4) is 0 Å². The van der Waals surface area contributed by atoms with Crippen LogP contribution in [-0.4, -0.2) is 39.9 Å². The first-order chi connectivity index (χ1) is 11.8. The van der Waals surface area contributed by atoms with Crippen molar-refractivity contribution < 1.29 is 4.79 Å². The Morgan fingerprint density at radius 2 is 2.17 bits per heavy atom. The van der Waals surface area contributed by atoms with E-state index >= 15 is 0 Å². The molecule has 126 valence electrons. The Kier molecular flexibility index (Phi) is 4.47. The third kappa shape index (κ3) is 3.29.